The van der Waals surface area contributed by atoms with E-state index in [1.54, 1.807) is 30.3 Å². The lowest BCUT2D eigenvalue weighted by Crippen LogP contribution is -2.30. The SMILES string of the molecule is Cc1c(Cc2c(F)cccc2C(F)(F)F)c2n(c(=O)c1-c1cc(OC(F)(F)F)ccc1Cl)C(C(N=O)c1ccccc1)CS2. The average Bonchev–Trinajstić information content (AvgIpc) is 3.38. The fourth-order valence-electron chi connectivity index (χ4n) is 5.36. The van der Waals surface area contributed by atoms with Crippen LogP contribution in [0.5, 0.6) is 5.75 Å². The number of pyridine rings is 1. The molecule has 1 aromatic heterocycles. The van der Waals surface area contributed by atoms with Crippen LogP contribution >= 0.6 is 23.4 Å². The zero-order chi connectivity index (χ0) is 32.0. The van der Waals surface area contributed by atoms with Gasteiger partial charge in [-0.25, -0.2) is 4.39 Å². The molecule has 0 bridgehead atoms. The molecule has 0 spiro atoms. The summed E-state index contributed by atoms with van der Waals surface area (Å²) >= 11 is 7.46. The average molecular weight is 657 g/mol. The molecule has 4 aromatic rings. The van der Waals surface area contributed by atoms with Crippen molar-refractivity contribution in [3.8, 4) is 16.9 Å². The van der Waals surface area contributed by atoms with E-state index >= 15 is 4.39 Å². The number of aromatic nitrogens is 1. The molecule has 3 aromatic carbocycles. The van der Waals surface area contributed by atoms with Gasteiger partial charge in [0.1, 0.15) is 17.6 Å². The van der Waals surface area contributed by atoms with Crippen LogP contribution in [0.25, 0.3) is 11.1 Å². The van der Waals surface area contributed by atoms with Crippen LogP contribution in [0.15, 0.2) is 81.7 Å². The van der Waals surface area contributed by atoms with Crippen molar-refractivity contribution in [3.63, 3.8) is 0 Å². The third-order valence-corrected chi connectivity index (χ3v) is 8.85. The maximum Gasteiger partial charge on any atom is 0.573 e. The predicted octanol–water partition coefficient (Wildman–Crippen LogP) is 9.28. The number of alkyl halides is 6. The quantitative estimate of drug-likeness (QED) is 0.147. The van der Waals surface area contributed by atoms with Crippen LogP contribution in [-0.4, -0.2) is 16.7 Å². The first-order valence-electron chi connectivity index (χ1n) is 12.9. The van der Waals surface area contributed by atoms with Gasteiger partial charge >= 0.3 is 12.5 Å². The van der Waals surface area contributed by atoms with Crippen molar-refractivity contribution in [1.29, 1.82) is 0 Å². The van der Waals surface area contributed by atoms with Crippen molar-refractivity contribution >= 4 is 23.4 Å². The van der Waals surface area contributed by atoms with Gasteiger partial charge in [-0.3, -0.25) is 9.36 Å². The fraction of sp³-hybridized carbons (Fsp3) is 0.233. The Kier molecular flexibility index (Phi) is 8.56. The maximum absolute atomic E-state index is 15.0. The van der Waals surface area contributed by atoms with E-state index in [0.717, 1.165) is 48.2 Å². The Morgan fingerprint density at radius 3 is 2.36 bits per heavy atom. The highest BCUT2D eigenvalue weighted by molar-refractivity contribution is 7.99. The van der Waals surface area contributed by atoms with E-state index in [-0.39, 0.29) is 38.1 Å². The molecule has 0 saturated carbocycles. The number of fused-ring (bicyclic) bond motifs is 1. The third-order valence-electron chi connectivity index (χ3n) is 7.30. The van der Waals surface area contributed by atoms with Crippen LogP contribution in [-0.2, 0) is 12.6 Å². The zero-order valence-corrected chi connectivity index (χ0v) is 24.0. The Labute approximate surface area is 254 Å². The fourth-order valence-corrected chi connectivity index (χ4v) is 6.99. The van der Waals surface area contributed by atoms with E-state index in [1.807, 2.05) is 0 Å². The van der Waals surface area contributed by atoms with Crippen LogP contribution in [0.3, 0.4) is 0 Å². The van der Waals surface area contributed by atoms with Crippen molar-refractivity contribution in [1.82, 2.24) is 4.57 Å². The summed E-state index contributed by atoms with van der Waals surface area (Å²) in [6.07, 6.45) is -10.6. The molecular weight excluding hydrogens is 637 g/mol. The number of benzene rings is 3. The topological polar surface area (TPSA) is 60.7 Å². The minimum atomic E-state index is -5.07. The lowest BCUT2D eigenvalue weighted by molar-refractivity contribution is -0.274. The molecule has 5 rings (SSSR count). The molecule has 2 heterocycles. The van der Waals surface area contributed by atoms with Gasteiger partial charge in [0, 0.05) is 28.3 Å². The summed E-state index contributed by atoms with van der Waals surface area (Å²) in [5, 5.41) is 3.28. The Balaban J connectivity index is 1.80. The van der Waals surface area contributed by atoms with Crippen LogP contribution in [0.2, 0.25) is 5.02 Å². The van der Waals surface area contributed by atoms with Gasteiger partial charge in [0.2, 0.25) is 0 Å². The molecule has 14 heteroatoms. The van der Waals surface area contributed by atoms with E-state index in [0.29, 0.717) is 5.56 Å². The number of rotatable bonds is 7. The number of nitrogens with zero attached hydrogens (tertiary/aromatic N) is 2. The molecule has 230 valence electrons. The normalized spacial score (nSPS) is 15.6. The number of hydrogen-bond acceptors (Lipinski definition) is 5. The van der Waals surface area contributed by atoms with E-state index in [2.05, 4.69) is 9.91 Å². The summed E-state index contributed by atoms with van der Waals surface area (Å²) in [5.41, 5.74) is -2.46. The summed E-state index contributed by atoms with van der Waals surface area (Å²) in [4.78, 5) is 26.4. The molecule has 0 radical (unpaired) electrons. The third kappa shape index (κ3) is 6.07. The molecular formula is C30H20ClF7N2O3S. The van der Waals surface area contributed by atoms with Crippen molar-refractivity contribution in [2.75, 3.05) is 5.75 Å². The summed E-state index contributed by atoms with van der Waals surface area (Å²) in [5.74, 6) is -1.73. The highest BCUT2D eigenvalue weighted by Crippen LogP contribution is 2.46. The van der Waals surface area contributed by atoms with Gasteiger partial charge in [-0.1, -0.05) is 53.2 Å². The number of thioether (sulfide) groups is 1. The van der Waals surface area contributed by atoms with Gasteiger partial charge in [0.15, 0.2) is 0 Å². The second-order valence-electron chi connectivity index (χ2n) is 9.93. The Morgan fingerprint density at radius 1 is 1.02 bits per heavy atom. The molecule has 0 saturated heterocycles. The number of ether oxygens (including phenoxy) is 1. The Morgan fingerprint density at radius 2 is 1.73 bits per heavy atom. The highest BCUT2D eigenvalue weighted by atomic mass is 35.5. The van der Waals surface area contributed by atoms with Gasteiger partial charge in [0.25, 0.3) is 5.56 Å². The zero-order valence-electron chi connectivity index (χ0n) is 22.5. The number of hydrogen-bond donors (Lipinski definition) is 0. The van der Waals surface area contributed by atoms with Crippen LogP contribution in [0.4, 0.5) is 30.7 Å². The largest absolute Gasteiger partial charge is 0.573 e. The second-order valence-corrected chi connectivity index (χ2v) is 11.3. The molecule has 44 heavy (non-hydrogen) atoms. The monoisotopic (exact) mass is 656 g/mol. The first-order chi connectivity index (χ1) is 20.7. The van der Waals surface area contributed by atoms with E-state index in [9.17, 15) is 36.0 Å². The standard InChI is InChI=1S/C30H20ClF7N2O3S/c1-15-18(13-19-21(29(33,34)35)8-5-9-23(19)32)28-40(24(14-44-28)26(39-42)16-6-3-2-4-7-16)27(41)25(15)20-12-17(10-11-22(20)31)43-30(36,37)38/h2-12,24,26H,13-14H2,1H3. The van der Waals surface area contributed by atoms with Gasteiger partial charge in [-0.05, 0) is 53.9 Å². The maximum atomic E-state index is 15.0. The molecule has 0 aliphatic carbocycles. The Bertz CT molecular complexity index is 1790. The molecule has 5 nitrogen and oxygen atoms in total. The predicted molar refractivity (Wildman–Crippen MR) is 152 cm³/mol. The molecule has 0 amide bonds. The molecule has 0 N–H and O–H groups in total. The summed E-state index contributed by atoms with van der Waals surface area (Å²) < 4.78 is 101. The summed E-state index contributed by atoms with van der Waals surface area (Å²) in [7, 11) is 0. The number of nitroso groups, excluding NO2 is 1. The van der Waals surface area contributed by atoms with Gasteiger partial charge in [-0.2, -0.15) is 18.1 Å². The number of halogens is 8. The minimum absolute atomic E-state index is 0.0761. The molecule has 0 fully saturated rings. The van der Waals surface area contributed by atoms with E-state index in [4.69, 9.17) is 11.6 Å². The molecule has 1 aliphatic rings. The second kappa shape index (κ2) is 11.9. The Hall–Kier alpha value is -3.84. The van der Waals surface area contributed by atoms with E-state index in [1.165, 1.54) is 11.5 Å². The smallest absolute Gasteiger partial charge is 0.406 e. The van der Waals surface area contributed by atoms with Crippen LogP contribution < -0.4 is 10.3 Å². The highest BCUT2D eigenvalue weighted by Gasteiger charge is 2.39. The van der Waals surface area contributed by atoms with Crippen molar-refractivity contribution in [2.45, 2.75) is 43.0 Å². The minimum Gasteiger partial charge on any atom is -0.406 e. The molecule has 1 aliphatic heterocycles. The van der Waals surface area contributed by atoms with Crippen LogP contribution in [0, 0.1) is 17.6 Å². The van der Waals surface area contributed by atoms with Crippen LogP contribution in [0.1, 0.15) is 39.9 Å². The van der Waals surface area contributed by atoms with Crippen molar-refractivity contribution in [3.05, 3.63) is 121 Å². The van der Waals surface area contributed by atoms with Crippen molar-refractivity contribution in [2.24, 2.45) is 5.18 Å². The lowest BCUT2D eigenvalue weighted by Gasteiger charge is -2.24. The van der Waals surface area contributed by atoms with Gasteiger partial charge in [0.05, 0.1) is 22.2 Å². The van der Waals surface area contributed by atoms with Gasteiger partial charge < -0.3 is 4.74 Å². The first-order valence-corrected chi connectivity index (χ1v) is 14.3. The molecule has 2 atom stereocenters. The summed E-state index contributed by atoms with van der Waals surface area (Å²) in [6, 6.07) is 11.7. The van der Waals surface area contributed by atoms with Gasteiger partial charge in [-0.15, -0.1) is 24.9 Å². The lowest BCUT2D eigenvalue weighted by atomic mass is 9.92. The molecule has 2 unspecified atom stereocenters. The van der Waals surface area contributed by atoms with Crippen molar-refractivity contribution < 1.29 is 35.5 Å². The van der Waals surface area contributed by atoms with E-state index < -0.39 is 59.3 Å². The summed E-state index contributed by atoms with van der Waals surface area (Å²) in [6.45, 7) is 1.40. The first kappa shape index (κ1) is 31.6.